The highest BCUT2D eigenvalue weighted by atomic mass is 32.2. The van der Waals surface area contributed by atoms with Gasteiger partial charge < -0.3 is 5.32 Å². The molecule has 5 nitrogen and oxygen atoms in total. The summed E-state index contributed by atoms with van der Waals surface area (Å²) in [6.07, 6.45) is 5.05. The molecule has 0 aliphatic carbocycles. The predicted octanol–water partition coefficient (Wildman–Crippen LogP) is 3.69. The topological polar surface area (TPSA) is 59.8 Å². The molecule has 0 radical (unpaired) electrons. The highest BCUT2D eigenvalue weighted by Gasteiger charge is 2.10. The normalized spacial score (nSPS) is 12.3. The fourth-order valence-electron chi connectivity index (χ4n) is 2.37. The van der Waals surface area contributed by atoms with E-state index < -0.39 is 0 Å². The van der Waals surface area contributed by atoms with Crippen LogP contribution in [0, 0.1) is 5.92 Å². The smallest absolute Gasteiger partial charge is 0.230 e. The molecule has 24 heavy (non-hydrogen) atoms. The minimum absolute atomic E-state index is 0.0353. The van der Waals surface area contributed by atoms with E-state index in [0.717, 1.165) is 18.5 Å². The van der Waals surface area contributed by atoms with Gasteiger partial charge in [-0.15, -0.1) is 5.10 Å². The van der Waals surface area contributed by atoms with E-state index in [2.05, 4.69) is 36.2 Å². The Kier molecular flexibility index (Phi) is 7.31. The number of carbonyl (C=O) groups excluding carboxylic acids is 1. The molecule has 0 fully saturated rings. The summed E-state index contributed by atoms with van der Waals surface area (Å²) in [6, 6.07) is 10.0. The van der Waals surface area contributed by atoms with Crippen LogP contribution in [0.2, 0.25) is 0 Å². The third kappa shape index (κ3) is 6.35. The van der Waals surface area contributed by atoms with E-state index >= 15 is 0 Å². The first-order valence-electron chi connectivity index (χ1n) is 8.44. The van der Waals surface area contributed by atoms with Crippen molar-refractivity contribution in [3.8, 4) is 5.69 Å². The Morgan fingerprint density at radius 2 is 1.96 bits per heavy atom. The van der Waals surface area contributed by atoms with Gasteiger partial charge in [-0.05, 0) is 31.4 Å². The van der Waals surface area contributed by atoms with Crippen molar-refractivity contribution in [3.63, 3.8) is 0 Å². The number of nitrogens with one attached hydrogen (secondary N) is 1. The lowest BCUT2D eigenvalue weighted by Crippen LogP contribution is -2.33. The fraction of sp³-hybridized carbons (Fsp3) is 0.500. The standard InChI is InChI=1S/C18H26N4OS/c1-14(2)8-7-9-15(3)20-17(23)12-24-18-19-13-22(21-18)16-10-5-4-6-11-16/h4-6,10-11,13-15H,7-9,12H2,1-3H3,(H,20,23). The summed E-state index contributed by atoms with van der Waals surface area (Å²) in [5.41, 5.74) is 0.958. The van der Waals surface area contributed by atoms with Crippen LogP contribution < -0.4 is 5.32 Å². The van der Waals surface area contributed by atoms with Crippen LogP contribution >= 0.6 is 11.8 Å². The van der Waals surface area contributed by atoms with Crippen LogP contribution in [0.3, 0.4) is 0 Å². The third-order valence-corrected chi connectivity index (χ3v) is 4.50. The lowest BCUT2D eigenvalue weighted by atomic mass is 10.0. The van der Waals surface area contributed by atoms with Gasteiger partial charge in [0.2, 0.25) is 11.1 Å². The Labute approximate surface area is 148 Å². The van der Waals surface area contributed by atoms with E-state index in [9.17, 15) is 4.79 Å². The first kappa shape index (κ1) is 18.5. The maximum absolute atomic E-state index is 12.0. The SMILES string of the molecule is CC(C)CCCC(C)NC(=O)CSc1ncn(-c2ccccc2)n1. The molecule has 2 rings (SSSR count). The van der Waals surface area contributed by atoms with Crippen LogP contribution in [0.25, 0.3) is 5.69 Å². The Morgan fingerprint density at radius 3 is 2.67 bits per heavy atom. The van der Waals surface area contributed by atoms with Gasteiger partial charge in [-0.3, -0.25) is 4.79 Å². The van der Waals surface area contributed by atoms with Gasteiger partial charge in [0.1, 0.15) is 6.33 Å². The van der Waals surface area contributed by atoms with Gasteiger partial charge in [-0.2, -0.15) is 0 Å². The molecule has 0 spiro atoms. The van der Waals surface area contributed by atoms with Gasteiger partial charge in [0.25, 0.3) is 0 Å². The minimum Gasteiger partial charge on any atom is -0.353 e. The molecule has 1 N–H and O–H groups in total. The lowest BCUT2D eigenvalue weighted by Gasteiger charge is -2.14. The molecule has 2 aromatic rings. The highest BCUT2D eigenvalue weighted by molar-refractivity contribution is 7.99. The number of amides is 1. The molecular formula is C18H26N4OS. The molecule has 1 unspecified atom stereocenters. The molecule has 1 atom stereocenters. The van der Waals surface area contributed by atoms with E-state index in [1.165, 1.54) is 18.2 Å². The van der Waals surface area contributed by atoms with Crippen LogP contribution in [0.1, 0.15) is 40.0 Å². The van der Waals surface area contributed by atoms with E-state index in [0.29, 0.717) is 16.8 Å². The van der Waals surface area contributed by atoms with E-state index in [1.54, 1.807) is 11.0 Å². The monoisotopic (exact) mass is 346 g/mol. The molecule has 0 aliphatic heterocycles. The second-order valence-electron chi connectivity index (χ2n) is 6.39. The molecule has 1 aromatic carbocycles. The zero-order chi connectivity index (χ0) is 17.4. The van der Waals surface area contributed by atoms with Crippen molar-refractivity contribution in [3.05, 3.63) is 36.7 Å². The Morgan fingerprint density at radius 1 is 1.21 bits per heavy atom. The maximum atomic E-state index is 12.0. The average Bonchev–Trinajstić information content (AvgIpc) is 3.02. The fourth-order valence-corrected chi connectivity index (χ4v) is 2.98. The summed E-state index contributed by atoms with van der Waals surface area (Å²) >= 11 is 1.36. The van der Waals surface area contributed by atoms with Crippen LogP contribution in [0.5, 0.6) is 0 Å². The van der Waals surface area contributed by atoms with Gasteiger partial charge in [0, 0.05) is 6.04 Å². The molecule has 6 heteroatoms. The molecular weight excluding hydrogens is 320 g/mol. The maximum Gasteiger partial charge on any atom is 0.230 e. The second kappa shape index (κ2) is 9.47. The Balaban J connectivity index is 1.73. The van der Waals surface area contributed by atoms with E-state index in [-0.39, 0.29) is 11.9 Å². The number of thioether (sulfide) groups is 1. The zero-order valence-electron chi connectivity index (χ0n) is 14.6. The minimum atomic E-state index is 0.0353. The predicted molar refractivity (Wildman–Crippen MR) is 98.4 cm³/mol. The molecule has 130 valence electrons. The molecule has 1 heterocycles. The number of hydrogen-bond donors (Lipinski definition) is 1. The van der Waals surface area contributed by atoms with Crippen molar-refractivity contribution < 1.29 is 4.79 Å². The third-order valence-electron chi connectivity index (χ3n) is 3.65. The van der Waals surface area contributed by atoms with Crippen molar-refractivity contribution in [2.45, 2.75) is 51.2 Å². The Bertz CT molecular complexity index is 627. The van der Waals surface area contributed by atoms with Crippen molar-refractivity contribution >= 4 is 17.7 Å². The summed E-state index contributed by atoms with van der Waals surface area (Å²) in [5, 5.41) is 8.04. The van der Waals surface area contributed by atoms with Crippen molar-refractivity contribution in [1.82, 2.24) is 20.1 Å². The molecule has 0 saturated carbocycles. The molecule has 0 aliphatic rings. The second-order valence-corrected chi connectivity index (χ2v) is 7.33. The van der Waals surface area contributed by atoms with Crippen molar-refractivity contribution in [2.24, 2.45) is 5.92 Å². The number of carbonyl (C=O) groups is 1. The van der Waals surface area contributed by atoms with Crippen LogP contribution in [0.15, 0.2) is 41.8 Å². The Hall–Kier alpha value is -1.82. The van der Waals surface area contributed by atoms with Gasteiger partial charge in [0.15, 0.2) is 0 Å². The molecule has 1 aromatic heterocycles. The molecule has 1 amide bonds. The van der Waals surface area contributed by atoms with Gasteiger partial charge in [-0.1, -0.05) is 56.7 Å². The number of para-hydroxylation sites is 1. The molecule has 0 saturated heterocycles. The summed E-state index contributed by atoms with van der Waals surface area (Å²) in [7, 11) is 0. The lowest BCUT2D eigenvalue weighted by molar-refractivity contribution is -0.119. The van der Waals surface area contributed by atoms with E-state index in [1.807, 2.05) is 30.3 Å². The molecule has 0 bridgehead atoms. The zero-order valence-corrected chi connectivity index (χ0v) is 15.4. The van der Waals surface area contributed by atoms with E-state index in [4.69, 9.17) is 0 Å². The van der Waals surface area contributed by atoms with Crippen LogP contribution in [0.4, 0.5) is 0 Å². The van der Waals surface area contributed by atoms with Crippen molar-refractivity contribution in [1.29, 1.82) is 0 Å². The summed E-state index contributed by atoms with van der Waals surface area (Å²) < 4.78 is 1.72. The average molecular weight is 347 g/mol. The summed E-state index contributed by atoms with van der Waals surface area (Å²) in [4.78, 5) is 16.3. The van der Waals surface area contributed by atoms with Crippen LogP contribution in [-0.2, 0) is 4.79 Å². The van der Waals surface area contributed by atoms with Gasteiger partial charge >= 0.3 is 0 Å². The highest BCUT2D eigenvalue weighted by Crippen LogP contribution is 2.14. The first-order chi connectivity index (χ1) is 11.5. The van der Waals surface area contributed by atoms with Crippen LogP contribution in [-0.4, -0.2) is 32.5 Å². The summed E-state index contributed by atoms with van der Waals surface area (Å²) in [5.74, 6) is 1.09. The van der Waals surface area contributed by atoms with Gasteiger partial charge in [0.05, 0.1) is 11.4 Å². The van der Waals surface area contributed by atoms with Gasteiger partial charge in [-0.25, -0.2) is 9.67 Å². The number of benzene rings is 1. The number of rotatable bonds is 9. The number of nitrogens with zero attached hydrogens (tertiary/aromatic N) is 3. The van der Waals surface area contributed by atoms with Crippen molar-refractivity contribution in [2.75, 3.05) is 5.75 Å². The quantitative estimate of drug-likeness (QED) is 0.704. The number of hydrogen-bond acceptors (Lipinski definition) is 4. The largest absolute Gasteiger partial charge is 0.353 e. The first-order valence-corrected chi connectivity index (χ1v) is 9.42. The number of aromatic nitrogens is 3. The summed E-state index contributed by atoms with van der Waals surface area (Å²) in [6.45, 7) is 6.51.